The van der Waals surface area contributed by atoms with E-state index in [0.29, 0.717) is 11.7 Å². The van der Waals surface area contributed by atoms with Crippen LogP contribution in [0.25, 0.3) is 0 Å². The molecule has 1 aromatic carbocycles. The third kappa shape index (κ3) is 4.35. The van der Waals surface area contributed by atoms with Gasteiger partial charge in [0.2, 0.25) is 11.8 Å². The number of hydrogen-bond donors (Lipinski definition) is 0. The first-order valence-electron chi connectivity index (χ1n) is 8.97. The van der Waals surface area contributed by atoms with E-state index < -0.39 is 0 Å². The molecular weight excluding hydrogens is 314 g/mol. The normalized spacial score (nSPS) is 16.5. The van der Waals surface area contributed by atoms with Crippen LogP contribution in [0.5, 0.6) is 5.88 Å². The molecule has 0 saturated carbocycles. The molecule has 5 nitrogen and oxygen atoms in total. The molecule has 1 aliphatic heterocycles. The van der Waals surface area contributed by atoms with Gasteiger partial charge in [-0.25, -0.2) is 4.98 Å². The van der Waals surface area contributed by atoms with Gasteiger partial charge in [0.25, 0.3) is 0 Å². The molecule has 0 unspecified atom stereocenters. The zero-order valence-corrected chi connectivity index (χ0v) is 14.9. The van der Waals surface area contributed by atoms with Crippen LogP contribution in [0.1, 0.15) is 43.5 Å². The zero-order chi connectivity index (χ0) is 17.6. The van der Waals surface area contributed by atoms with Crippen molar-refractivity contribution < 1.29 is 9.53 Å². The Bertz CT molecular complexity index is 697. The summed E-state index contributed by atoms with van der Waals surface area (Å²) in [4.78, 5) is 23.3. The van der Waals surface area contributed by atoms with Gasteiger partial charge in [-0.15, -0.1) is 0 Å². The average molecular weight is 339 g/mol. The van der Waals surface area contributed by atoms with Crippen LogP contribution in [-0.2, 0) is 4.79 Å². The summed E-state index contributed by atoms with van der Waals surface area (Å²) in [6.45, 7) is 5.39. The van der Waals surface area contributed by atoms with Crippen LogP contribution in [0.3, 0.4) is 0 Å². The van der Waals surface area contributed by atoms with Gasteiger partial charge in [0, 0.05) is 38.2 Å². The first-order valence-corrected chi connectivity index (χ1v) is 8.97. The number of likely N-dealkylation sites (tertiary alicyclic amines) is 1. The van der Waals surface area contributed by atoms with Crippen molar-refractivity contribution in [2.24, 2.45) is 0 Å². The molecule has 132 valence electrons. The van der Waals surface area contributed by atoms with Gasteiger partial charge >= 0.3 is 0 Å². The Hall–Kier alpha value is -2.43. The van der Waals surface area contributed by atoms with Gasteiger partial charge in [-0.3, -0.25) is 4.79 Å². The Balaban J connectivity index is 1.57. The smallest absolute Gasteiger partial charge is 0.230 e. The summed E-state index contributed by atoms with van der Waals surface area (Å²) in [5.41, 5.74) is 1.10. The van der Waals surface area contributed by atoms with E-state index in [4.69, 9.17) is 4.74 Å². The lowest BCUT2D eigenvalue weighted by atomic mass is 9.94. The van der Waals surface area contributed by atoms with Gasteiger partial charge in [0.1, 0.15) is 11.9 Å². The van der Waals surface area contributed by atoms with E-state index in [0.717, 1.165) is 37.9 Å². The molecular formula is C20H25N3O2. The molecule has 0 aliphatic carbocycles. The van der Waals surface area contributed by atoms with Crippen molar-refractivity contribution in [3.8, 4) is 5.88 Å². The predicted octanol–water partition coefficient (Wildman–Crippen LogP) is 3.35. The molecule has 1 saturated heterocycles. The minimum atomic E-state index is -0.0526. The third-order valence-electron chi connectivity index (χ3n) is 4.70. The Morgan fingerprint density at radius 3 is 2.60 bits per heavy atom. The highest BCUT2D eigenvalue weighted by Crippen LogP contribution is 2.25. The fraction of sp³-hybridized carbons (Fsp3) is 0.450. The lowest BCUT2D eigenvalue weighted by Crippen LogP contribution is -2.43. The predicted molar refractivity (Wildman–Crippen MR) is 96.5 cm³/mol. The minimum absolute atomic E-state index is 0.0526. The number of benzene rings is 1. The van der Waals surface area contributed by atoms with Crippen molar-refractivity contribution in [3.05, 3.63) is 54.0 Å². The second-order valence-electron chi connectivity index (χ2n) is 6.46. The number of piperidine rings is 1. The first kappa shape index (κ1) is 17.4. The number of carbonyl (C=O) groups is 1. The minimum Gasteiger partial charge on any atom is -0.474 e. The summed E-state index contributed by atoms with van der Waals surface area (Å²) >= 11 is 0. The van der Waals surface area contributed by atoms with E-state index in [1.165, 1.54) is 0 Å². The Labute approximate surface area is 149 Å². The van der Waals surface area contributed by atoms with Gasteiger partial charge in [-0.05, 0) is 18.9 Å². The molecule has 5 heteroatoms. The van der Waals surface area contributed by atoms with Gasteiger partial charge < -0.3 is 9.64 Å². The van der Waals surface area contributed by atoms with Crippen molar-refractivity contribution in [1.29, 1.82) is 0 Å². The number of carbonyl (C=O) groups excluding carboxylic acids is 1. The van der Waals surface area contributed by atoms with E-state index in [9.17, 15) is 4.79 Å². The molecule has 0 spiro atoms. The van der Waals surface area contributed by atoms with Crippen LogP contribution in [0.4, 0.5) is 0 Å². The maximum absolute atomic E-state index is 12.9. The van der Waals surface area contributed by atoms with E-state index in [1.54, 1.807) is 12.3 Å². The van der Waals surface area contributed by atoms with Crippen molar-refractivity contribution in [2.75, 3.05) is 13.1 Å². The molecule has 3 rings (SSSR count). The number of aryl methyl sites for hydroxylation is 1. The molecule has 1 aliphatic rings. The molecule has 2 heterocycles. The molecule has 0 N–H and O–H groups in total. The molecule has 2 aromatic rings. The van der Waals surface area contributed by atoms with Gasteiger partial charge in [-0.2, -0.15) is 4.98 Å². The quantitative estimate of drug-likeness (QED) is 0.838. The van der Waals surface area contributed by atoms with Crippen LogP contribution in [0.15, 0.2) is 42.6 Å². The third-order valence-corrected chi connectivity index (χ3v) is 4.70. The van der Waals surface area contributed by atoms with Crippen LogP contribution in [-0.4, -0.2) is 40.0 Å². The topological polar surface area (TPSA) is 55.3 Å². The number of amides is 1. The zero-order valence-electron chi connectivity index (χ0n) is 14.9. The maximum atomic E-state index is 12.9. The molecule has 1 aromatic heterocycles. The highest BCUT2D eigenvalue weighted by atomic mass is 16.5. The summed E-state index contributed by atoms with van der Waals surface area (Å²) in [5.74, 6) is 1.50. The molecule has 0 bridgehead atoms. The summed E-state index contributed by atoms with van der Waals surface area (Å²) in [6, 6.07) is 11.8. The highest BCUT2D eigenvalue weighted by molar-refractivity contribution is 5.83. The van der Waals surface area contributed by atoms with Crippen molar-refractivity contribution in [2.45, 2.75) is 45.1 Å². The van der Waals surface area contributed by atoms with Gasteiger partial charge in [-0.1, -0.05) is 37.3 Å². The fourth-order valence-corrected chi connectivity index (χ4v) is 3.32. The Kier molecular flexibility index (Phi) is 5.64. The van der Waals surface area contributed by atoms with E-state index in [2.05, 4.69) is 16.9 Å². The van der Waals surface area contributed by atoms with Gasteiger partial charge in [0.15, 0.2) is 0 Å². The fourth-order valence-electron chi connectivity index (χ4n) is 3.32. The average Bonchev–Trinajstić information content (AvgIpc) is 2.64. The van der Waals surface area contributed by atoms with E-state index in [1.807, 2.05) is 42.2 Å². The molecule has 1 fully saturated rings. The second-order valence-corrected chi connectivity index (χ2v) is 6.46. The number of hydrogen-bond acceptors (Lipinski definition) is 4. The Morgan fingerprint density at radius 2 is 1.96 bits per heavy atom. The van der Waals surface area contributed by atoms with Crippen molar-refractivity contribution in [1.82, 2.24) is 14.9 Å². The lowest BCUT2D eigenvalue weighted by molar-refractivity contribution is -0.134. The molecule has 1 atom stereocenters. The SMILES string of the molecule is CC[C@H](C(=O)N1CCC(Oc2ccnc(C)n2)CC1)c1ccccc1. The van der Waals surface area contributed by atoms with E-state index in [-0.39, 0.29) is 17.9 Å². The highest BCUT2D eigenvalue weighted by Gasteiger charge is 2.29. The lowest BCUT2D eigenvalue weighted by Gasteiger charge is -2.34. The van der Waals surface area contributed by atoms with Crippen molar-refractivity contribution >= 4 is 5.91 Å². The van der Waals surface area contributed by atoms with Crippen LogP contribution in [0.2, 0.25) is 0 Å². The first-order chi connectivity index (χ1) is 12.2. The van der Waals surface area contributed by atoms with Crippen LogP contribution in [0, 0.1) is 6.92 Å². The molecule has 1 amide bonds. The largest absolute Gasteiger partial charge is 0.474 e. The van der Waals surface area contributed by atoms with Crippen molar-refractivity contribution in [3.63, 3.8) is 0 Å². The molecule has 0 radical (unpaired) electrons. The maximum Gasteiger partial charge on any atom is 0.230 e. The number of rotatable bonds is 5. The van der Waals surface area contributed by atoms with Crippen LogP contribution >= 0.6 is 0 Å². The van der Waals surface area contributed by atoms with E-state index >= 15 is 0 Å². The number of aromatic nitrogens is 2. The monoisotopic (exact) mass is 339 g/mol. The summed E-state index contributed by atoms with van der Waals surface area (Å²) in [6.07, 6.45) is 4.30. The van der Waals surface area contributed by atoms with Gasteiger partial charge in [0.05, 0.1) is 5.92 Å². The molecule has 25 heavy (non-hydrogen) atoms. The van der Waals surface area contributed by atoms with Crippen LogP contribution < -0.4 is 4.74 Å². The standard InChI is InChI=1S/C20H25N3O2/c1-3-18(16-7-5-4-6-8-16)20(24)23-13-10-17(11-14-23)25-19-9-12-21-15(2)22-19/h4-9,12,17-18H,3,10-11,13-14H2,1-2H3/t18-/m0/s1. The summed E-state index contributed by atoms with van der Waals surface area (Å²) < 4.78 is 5.95. The number of ether oxygens (including phenoxy) is 1. The number of nitrogens with zero attached hydrogens (tertiary/aromatic N) is 3. The second kappa shape index (κ2) is 8.10. The Morgan fingerprint density at radius 1 is 1.24 bits per heavy atom. The summed E-state index contributed by atoms with van der Waals surface area (Å²) in [7, 11) is 0. The summed E-state index contributed by atoms with van der Waals surface area (Å²) in [5, 5.41) is 0.